The standard InChI is InChI=1S/C52H43N4O2.Pt/c1-51(2,3)36-28-29-53-46(30-36)56-44-32-39(24-25-40(44)42-26-27-43-41-22-13-14-23-45(41)58-50(43)49(42)56)57-38-21-15-20-37(31-38)54-33-55(52(4,5)6)48(35-18-11-8-12-19-35)47(54)34-16-9-7-10-17-34;/h7-30,33H,1-6H3;/q-3;. The van der Waals surface area contributed by atoms with Crippen molar-refractivity contribution in [1.82, 2.24) is 14.5 Å². The number of aromatic nitrogens is 2. The van der Waals surface area contributed by atoms with Crippen molar-refractivity contribution in [2.24, 2.45) is 0 Å². The van der Waals surface area contributed by atoms with Crippen molar-refractivity contribution in [3.8, 4) is 17.3 Å². The van der Waals surface area contributed by atoms with Gasteiger partial charge in [-0.05, 0) is 66.5 Å². The Labute approximate surface area is 359 Å². The van der Waals surface area contributed by atoms with Gasteiger partial charge in [-0.15, -0.1) is 41.4 Å². The minimum atomic E-state index is -0.202. The van der Waals surface area contributed by atoms with Gasteiger partial charge in [0.1, 0.15) is 11.4 Å². The van der Waals surface area contributed by atoms with Gasteiger partial charge >= 0.3 is 0 Å². The maximum absolute atomic E-state index is 6.70. The molecule has 0 atom stereocenters. The second kappa shape index (κ2) is 14.6. The van der Waals surface area contributed by atoms with Crippen LogP contribution in [0.1, 0.15) is 58.2 Å². The van der Waals surface area contributed by atoms with E-state index in [1.165, 1.54) is 5.56 Å². The smallest absolute Gasteiger partial charge is 0.158 e. The Bertz CT molecular complexity index is 3040. The molecule has 0 aliphatic carbocycles. The van der Waals surface area contributed by atoms with Gasteiger partial charge in [0.05, 0.1) is 5.52 Å². The maximum Gasteiger partial charge on any atom is 0.158 e. The predicted octanol–water partition coefficient (Wildman–Crippen LogP) is 13.3. The first-order valence-electron chi connectivity index (χ1n) is 19.8. The molecule has 7 heteroatoms. The minimum Gasteiger partial charge on any atom is -0.509 e. The van der Waals surface area contributed by atoms with Crippen LogP contribution in [0.15, 0.2) is 150 Å². The van der Waals surface area contributed by atoms with Crippen LogP contribution in [0.3, 0.4) is 0 Å². The molecule has 0 amide bonds. The third-order valence-corrected chi connectivity index (χ3v) is 11.0. The van der Waals surface area contributed by atoms with Crippen LogP contribution in [0.5, 0.6) is 11.5 Å². The van der Waals surface area contributed by atoms with Gasteiger partial charge in [-0.2, -0.15) is 18.8 Å². The van der Waals surface area contributed by atoms with Gasteiger partial charge in [-0.1, -0.05) is 117 Å². The average Bonchev–Trinajstić information content (AvgIpc) is 3.92. The van der Waals surface area contributed by atoms with Gasteiger partial charge in [0.25, 0.3) is 0 Å². The van der Waals surface area contributed by atoms with Crippen molar-refractivity contribution in [3.05, 3.63) is 181 Å². The number of hydrogen-bond acceptors (Lipinski definition) is 5. The number of hydrogen-bond donors (Lipinski definition) is 0. The Kier molecular flexibility index (Phi) is 9.52. The molecule has 6 aromatic carbocycles. The third kappa shape index (κ3) is 6.70. The SMILES string of the molecule is CC(C)(C)c1ccnc(-n2c3[c-]c(Oc4[c-]c(N5[CH-]N(C(C)(C)C)C(c6ccccc6)=C5c5ccccc5)ccc4)ccc3c3ccc4c5ccccc5oc4c32)c1.[Pt]. The maximum atomic E-state index is 6.70. The molecule has 0 unspecified atom stereocenters. The number of anilines is 1. The molecule has 10 rings (SSSR count). The molecule has 0 spiro atoms. The van der Waals surface area contributed by atoms with E-state index in [0.29, 0.717) is 11.5 Å². The van der Waals surface area contributed by atoms with E-state index in [0.717, 1.165) is 77.8 Å². The van der Waals surface area contributed by atoms with E-state index in [2.05, 4.69) is 184 Å². The molecule has 6 nitrogen and oxygen atoms in total. The Morgan fingerprint density at radius 3 is 2.02 bits per heavy atom. The first kappa shape index (κ1) is 38.4. The van der Waals surface area contributed by atoms with E-state index in [1.54, 1.807) is 0 Å². The van der Waals surface area contributed by atoms with Gasteiger partial charge in [0, 0.05) is 66.5 Å². The second-order valence-corrected chi connectivity index (χ2v) is 17.0. The van der Waals surface area contributed by atoms with E-state index < -0.39 is 0 Å². The molecule has 0 saturated heterocycles. The quantitative estimate of drug-likeness (QED) is 0.155. The second-order valence-electron chi connectivity index (χ2n) is 17.0. The summed E-state index contributed by atoms with van der Waals surface area (Å²) >= 11 is 0. The number of fused-ring (bicyclic) bond motifs is 7. The molecule has 0 fully saturated rings. The fourth-order valence-electron chi connectivity index (χ4n) is 8.13. The zero-order valence-electron chi connectivity index (χ0n) is 33.9. The van der Waals surface area contributed by atoms with E-state index >= 15 is 0 Å². The fraction of sp³-hybridized carbons (Fsp3) is 0.154. The van der Waals surface area contributed by atoms with E-state index in [1.807, 2.05) is 36.5 Å². The van der Waals surface area contributed by atoms with Crippen LogP contribution < -0.4 is 9.64 Å². The van der Waals surface area contributed by atoms with Crippen LogP contribution in [0.25, 0.3) is 61.0 Å². The zero-order chi connectivity index (χ0) is 39.8. The molecule has 0 saturated carbocycles. The van der Waals surface area contributed by atoms with Gasteiger partial charge in [-0.3, -0.25) is 0 Å². The largest absolute Gasteiger partial charge is 0.509 e. The summed E-state index contributed by atoms with van der Waals surface area (Å²) in [5.41, 5.74) is 9.71. The molecule has 4 heterocycles. The molecular formula is C52H43N4O2Pt-3. The molecule has 59 heavy (non-hydrogen) atoms. The van der Waals surface area contributed by atoms with Crippen LogP contribution in [-0.4, -0.2) is 20.0 Å². The molecular weight excluding hydrogens is 908 g/mol. The van der Waals surface area contributed by atoms with Gasteiger partial charge in [0.2, 0.25) is 0 Å². The van der Waals surface area contributed by atoms with Crippen LogP contribution in [0, 0.1) is 18.8 Å². The molecule has 1 aliphatic rings. The Balaban J connectivity index is 0.00000449. The summed E-state index contributed by atoms with van der Waals surface area (Å²) in [5.74, 6) is 1.95. The number of pyridine rings is 1. The Hall–Kier alpha value is -6.10. The Morgan fingerprint density at radius 2 is 1.29 bits per heavy atom. The number of benzene rings is 6. The Morgan fingerprint density at radius 1 is 0.627 bits per heavy atom. The van der Waals surface area contributed by atoms with E-state index in [4.69, 9.17) is 14.1 Å². The first-order valence-corrected chi connectivity index (χ1v) is 19.8. The monoisotopic (exact) mass is 950 g/mol. The molecule has 0 radical (unpaired) electrons. The molecule has 296 valence electrons. The van der Waals surface area contributed by atoms with Crippen LogP contribution in [0.2, 0.25) is 0 Å². The van der Waals surface area contributed by atoms with E-state index in [9.17, 15) is 0 Å². The molecule has 1 aliphatic heterocycles. The fourth-order valence-corrected chi connectivity index (χ4v) is 8.13. The topological polar surface area (TPSA) is 46.7 Å². The number of ether oxygens (including phenoxy) is 1. The van der Waals surface area contributed by atoms with Crippen molar-refractivity contribution in [1.29, 1.82) is 0 Å². The summed E-state index contributed by atoms with van der Waals surface area (Å²) in [6, 6.07) is 55.4. The number of rotatable bonds is 6. The van der Waals surface area contributed by atoms with Crippen molar-refractivity contribution in [3.63, 3.8) is 0 Å². The number of nitrogens with zero attached hydrogens (tertiary/aromatic N) is 4. The average molecular weight is 951 g/mol. The molecule has 9 aromatic rings. The first-order chi connectivity index (χ1) is 28.0. The van der Waals surface area contributed by atoms with Gasteiger partial charge in [0.15, 0.2) is 5.58 Å². The summed E-state index contributed by atoms with van der Waals surface area (Å²) in [7, 11) is 0. The predicted molar refractivity (Wildman–Crippen MR) is 237 cm³/mol. The summed E-state index contributed by atoms with van der Waals surface area (Å²) in [5, 5.41) is 4.23. The van der Waals surface area contributed by atoms with Crippen molar-refractivity contribution >= 4 is 60.8 Å². The summed E-state index contributed by atoms with van der Waals surface area (Å²) in [6.45, 7) is 15.6. The van der Waals surface area contributed by atoms with Crippen molar-refractivity contribution < 1.29 is 30.2 Å². The third-order valence-electron chi connectivity index (χ3n) is 11.0. The minimum absolute atomic E-state index is 0. The normalized spacial score (nSPS) is 13.6. The number of para-hydroxylation sites is 1. The van der Waals surface area contributed by atoms with Gasteiger partial charge in [-0.25, -0.2) is 4.98 Å². The van der Waals surface area contributed by atoms with E-state index in [-0.39, 0.29) is 32.0 Å². The van der Waals surface area contributed by atoms with Crippen LogP contribution in [-0.2, 0) is 26.5 Å². The van der Waals surface area contributed by atoms with Crippen molar-refractivity contribution in [2.45, 2.75) is 52.5 Å². The summed E-state index contributed by atoms with van der Waals surface area (Å²) < 4.78 is 15.5. The zero-order valence-corrected chi connectivity index (χ0v) is 36.1. The molecule has 0 bridgehead atoms. The van der Waals surface area contributed by atoms with Crippen LogP contribution >= 0.6 is 0 Å². The van der Waals surface area contributed by atoms with Crippen LogP contribution in [0.4, 0.5) is 5.69 Å². The number of furan rings is 1. The van der Waals surface area contributed by atoms with Gasteiger partial charge < -0.3 is 23.5 Å². The molecule has 3 aromatic heterocycles. The summed E-state index contributed by atoms with van der Waals surface area (Å²) in [6.07, 6.45) is 1.89. The summed E-state index contributed by atoms with van der Waals surface area (Å²) in [4.78, 5) is 9.53. The molecule has 0 N–H and O–H groups in total. The van der Waals surface area contributed by atoms with Crippen molar-refractivity contribution in [2.75, 3.05) is 4.90 Å².